The predicted molar refractivity (Wildman–Crippen MR) is 86.3 cm³/mol. The molecule has 3 aromatic rings. The van der Waals surface area contributed by atoms with Gasteiger partial charge in [0.05, 0.1) is 0 Å². The molecule has 26 heavy (non-hydrogen) atoms. The van der Waals surface area contributed by atoms with Crippen molar-refractivity contribution in [2.24, 2.45) is 0 Å². The standard InChI is InChI=1S/C18H12F2O6/c19-18(20)26-14-4-2-1-3-13(14)17(23)24-9-10-7-16(22)25-15-8-11(21)5-6-12(10)15/h1-8,18,21H,9H2. The lowest BCUT2D eigenvalue weighted by molar-refractivity contribution is -0.0504. The molecule has 0 radical (unpaired) electrons. The molecule has 3 rings (SSSR count). The maximum absolute atomic E-state index is 12.4. The molecule has 1 aromatic heterocycles. The molecule has 0 aliphatic heterocycles. The van der Waals surface area contributed by atoms with Crippen molar-refractivity contribution in [3.63, 3.8) is 0 Å². The number of phenols is 1. The second kappa shape index (κ2) is 7.22. The Morgan fingerprint density at radius 3 is 2.69 bits per heavy atom. The molecule has 0 aliphatic rings. The predicted octanol–water partition coefficient (Wildman–Crippen LogP) is 3.46. The van der Waals surface area contributed by atoms with Crippen LogP contribution in [0.3, 0.4) is 0 Å². The van der Waals surface area contributed by atoms with Gasteiger partial charge in [-0.05, 0) is 24.3 Å². The largest absolute Gasteiger partial charge is 0.508 e. The third kappa shape index (κ3) is 3.80. The van der Waals surface area contributed by atoms with Crippen LogP contribution in [0.2, 0.25) is 0 Å². The minimum atomic E-state index is -3.08. The van der Waals surface area contributed by atoms with Gasteiger partial charge < -0.3 is 19.0 Å². The van der Waals surface area contributed by atoms with Gasteiger partial charge in [-0.3, -0.25) is 0 Å². The van der Waals surface area contributed by atoms with Crippen LogP contribution in [-0.4, -0.2) is 17.7 Å². The number of carbonyl (C=O) groups is 1. The van der Waals surface area contributed by atoms with Crippen LogP contribution in [0.25, 0.3) is 11.0 Å². The normalized spacial score (nSPS) is 10.9. The van der Waals surface area contributed by atoms with Gasteiger partial charge >= 0.3 is 18.2 Å². The van der Waals surface area contributed by atoms with E-state index in [9.17, 15) is 23.5 Å². The lowest BCUT2D eigenvalue weighted by atomic mass is 10.1. The molecule has 6 nitrogen and oxygen atoms in total. The van der Waals surface area contributed by atoms with Crippen LogP contribution in [0.15, 0.2) is 57.7 Å². The highest BCUT2D eigenvalue weighted by molar-refractivity contribution is 5.92. The molecule has 0 saturated carbocycles. The van der Waals surface area contributed by atoms with Gasteiger partial charge in [0.1, 0.15) is 29.3 Å². The van der Waals surface area contributed by atoms with Crippen molar-refractivity contribution >= 4 is 16.9 Å². The summed E-state index contributed by atoms with van der Waals surface area (Å²) in [5.74, 6) is -1.29. The highest BCUT2D eigenvalue weighted by Crippen LogP contribution is 2.24. The van der Waals surface area contributed by atoms with Crippen LogP contribution in [0.1, 0.15) is 15.9 Å². The van der Waals surface area contributed by atoms with E-state index in [0.717, 1.165) is 6.07 Å². The van der Waals surface area contributed by atoms with Gasteiger partial charge in [0.2, 0.25) is 0 Å². The summed E-state index contributed by atoms with van der Waals surface area (Å²) < 4.78 is 39.2. The average Bonchev–Trinajstić information content (AvgIpc) is 2.58. The molecule has 0 amide bonds. The van der Waals surface area contributed by atoms with E-state index in [4.69, 9.17) is 9.15 Å². The minimum Gasteiger partial charge on any atom is -0.508 e. The smallest absolute Gasteiger partial charge is 0.387 e. The summed E-state index contributed by atoms with van der Waals surface area (Å²) >= 11 is 0. The summed E-state index contributed by atoms with van der Waals surface area (Å²) in [5.41, 5.74) is -0.379. The first-order valence-corrected chi connectivity index (χ1v) is 7.41. The molecule has 2 aromatic carbocycles. The van der Waals surface area contributed by atoms with Gasteiger partial charge in [0.15, 0.2) is 0 Å². The fourth-order valence-corrected chi connectivity index (χ4v) is 2.39. The van der Waals surface area contributed by atoms with E-state index >= 15 is 0 Å². The summed E-state index contributed by atoms with van der Waals surface area (Å²) in [7, 11) is 0. The van der Waals surface area contributed by atoms with E-state index in [1.165, 1.54) is 42.5 Å². The van der Waals surface area contributed by atoms with Crippen LogP contribution >= 0.6 is 0 Å². The fourth-order valence-electron chi connectivity index (χ4n) is 2.39. The third-order valence-electron chi connectivity index (χ3n) is 3.50. The van der Waals surface area contributed by atoms with Gasteiger partial charge in [-0.2, -0.15) is 8.78 Å². The number of ether oxygens (including phenoxy) is 2. The molecular weight excluding hydrogens is 350 g/mol. The molecule has 0 spiro atoms. The number of fused-ring (bicyclic) bond motifs is 1. The number of aromatic hydroxyl groups is 1. The van der Waals surface area contributed by atoms with Gasteiger partial charge in [-0.25, -0.2) is 9.59 Å². The van der Waals surface area contributed by atoms with Gasteiger partial charge in [0, 0.05) is 23.1 Å². The van der Waals surface area contributed by atoms with Gasteiger partial charge in [0.25, 0.3) is 0 Å². The Kier molecular flexibility index (Phi) is 4.83. The van der Waals surface area contributed by atoms with Gasteiger partial charge in [-0.1, -0.05) is 12.1 Å². The zero-order chi connectivity index (χ0) is 18.7. The van der Waals surface area contributed by atoms with Crippen molar-refractivity contribution in [3.05, 3.63) is 70.1 Å². The quantitative estimate of drug-likeness (QED) is 0.553. The zero-order valence-corrected chi connectivity index (χ0v) is 13.1. The Morgan fingerprint density at radius 2 is 1.92 bits per heavy atom. The summed E-state index contributed by atoms with van der Waals surface area (Å²) in [4.78, 5) is 23.8. The molecule has 0 atom stereocenters. The number of para-hydroxylation sites is 1. The van der Waals surface area contributed by atoms with Crippen molar-refractivity contribution < 1.29 is 32.6 Å². The number of benzene rings is 2. The van der Waals surface area contributed by atoms with E-state index in [0.29, 0.717) is 10.9 Å². The molecule has 0 saturated heterocycles. The second-order valence-corrected chi connectivity index (χ2v) is 5.22. The number of halogens is 2. The topological polar surface area (TPSA) is 86.0 Å². The minimum absolute atomic E-state index is 0.0899. The molecular formula is C18H12F2O6. The SMILES string of the molecule is O=C(OCc1cc(=O)oc2cc(O)ccc12)c1ccccc1OC(F)F. The van der Waals surface area contributed by atoms with Crippen molar-refractivity contribution in [2.75, 3.05) is 0 Å². The number of rotatable bonds is 5. The molecule has 134 valence electrons. The maximum atomic E-state index is 12.4. The van der Waals surface area contributed by atoms with Crippen molar-refractivity contribution in [1.29, 1.82) is 0 Å². The molecule has 0 unspecified atom stereocenters. The molecule has 0 bridgehead atoms. The highest BCUT2D eigenvalue weighted by atomic mass is 19.3. The Balaban J connectivity index is 1.85. The third-order valence-corrected chi connectivity index (χ3v) is 3.50. The number of alkyl halides is 2. The molecule has 1 N–H and O–H groups in total. The number of phenolic OH excluding ortho intramolecular Hbond substituents is 1. The number of hydrogen-bond donors (Lipinski definition) is 1. The number of carbonyl (C=O) groups excluding carboxylic acids is 1. The Hall–Kier alpha value is -3.42. The fraction of sp³-hybridized carbons (Fsp3) is 0.111. The van der Waals surface area contributed by atoms with Crippen LogP contribution in [0.4, 0.5) is 8.78 Å². The highest BCUT2D eigenvalue weighted by Gasteiger charge is 2.17. The Bertz CT molecular complexity index is 1010. The maximum Gasteiger partial charge on any atom is 0.387 e. The Labute approximate surface area is 145 Å². The molecule has 8 heteroatoms. The van der Waals surface area contributed by atoms with Crippen molar-refractivity contribution in [1.82, 2.24) is 0 Å². The van der Waals surface area contributed by atoms with E-state index < -0.39 is 18.2 Å². The number of esters is 1. The first-order valence-electron chi connectivity index (χ1n) is 7.41. The first-order chi connectivity index (χ1) is 12.4. The molecule has 1 heterocycles. The van der Waals surface area contributed by atoms with E-state index in [1.807, 2.05) is 0 Å². The molecule has 0 aliphatic carbocycles. The van der Waals surface area contributed by atoms with Crippen LogP contribution in [-0.2, 0) is 11.3 Å². The Morgan fingerprint density at radius 1 is 1.15 bits per heavy atom. The number of hydrogen-bond acceptors (Lipinski definition) is 6. The van der Waals surface area contributed by atoms with Crippen LogP contribution in [0, 0.1) is 0 Å². The lowest BCUT2D eigenvalue weighted by Gasteiger charge is -2.11. The second-order valence-electron chi connectivity index (χ2n) is 5.22. The van der Waals surface area contributed by atoms with E-state index in [2.05, 4.69) is 4.74 Å². The summed E-state index contributed by atoms with van der Waals surface area (Å²) in [6.45, 7) is -3.38. The van der Waals surface area contributed by atoms with Gasteiger partial charge in [-0.15, -0.1) is 0 Å². The zero-order valence-electron chi connectivity index (χ0n) is 13.1. The summed E-state index contributed by atoms with van der Waals surface area (Å²) in [6, 6.07) is 10.7. The first kappa shape index (κ1) is 17.4. The average molecular weight is 362 g/mol. The van der Waals surface area contributed by atoms with Crippen molar-refractivity contribution in [3.8, 4) is 11.5 Å². The van der Waals surface area contributed by atoms with Crippen molar-refractivity contribution in [2.45, 2.75) is 13.2 Å². The van der Waals surface area contributed by atoms with E-state index in [1.54, 1.807) is 0 Å². The molecule has 0 fully saturated rings. The lowest BCUT2D eigenvalue weighted by Crippen LogP contribution is -2.11. The summed E-state index contributed by atoms with van der Waals surface area (Å²) in [5, 5.41) is 9.92. The monoisotopic (exact) mass is 362 g/mol. The van der Waals surface area contributed by atoms with E-state index in [-0.39, 0.29) is 29.3 Å². The van der Waals surface area contributed by atoms with Crippen LogP contribution < -0.4 is 10.4 Å². The summed E-state index contributed by atoms with van der Waals surface area (Å²) in [6.07, 6.45) is 0. The van der Waals surface area contributed by atoms with Crippen LogP contribution in [0.5, 0.6) is 11.5 Å².